The molecule has 6 heteroatoms. The molecule has 1 aromatic heterocycles. The molecule has 0 spiro atoms. The van der Waals surface area contributed by atoms with Gasteiger partial charge in [-0.2, -0.15) is 9.97 Å². The number of hydrogen-bond donors (Lipinski definition) is 3. The van der Waals surface area contributed by atoms with Crippen LogP contribution in [0.3, 0.4) is 0 Å². The van der Waals surface area contributed by atoms with Gasteiger partial charge in [0.25, 0.3) is 0 Å². The second kappa shape index (κ2) is 5.51. The molecular formula is C13H16FN5. The maximum absolute atomic E-state index is 13.5. The first-order valence-corrected chi connectivity index (χ1v) is 6.00. The number of aryl methyl sites for hydroxylation is 1. The van der Waals surface area contributed by atoms with E-state index in [0.717, 1.165) is 6.54 Å². The van der Waals surface area contributed by atoms with Crippen LogP contribution in [0.15, 0.2) is 24.3 Å². The molecule has 5 nitrogen and oxygen atoms in total. The van der Waals surface area contributed by atoms with Crippen molar-refractivity contribution >= 4 is 23.3 Å². The highest BCUT2D eigenvalue weighted by atomic mass is 19.1. The average molecular weight is 261 g/mol. The van der Waals surface area contributed by atoms with Gasteiger partial charge in [0, 0.05) is 18.3 Å². The molecule has 2 rings (SSSR count). The predicted octanol–water partition coefficient (Wildman–Crippen LogP) is 2.68. The van der Waals surface area contributed by atoms with Gasteiger partial charge < -0.3 is 16.4 Å². The van der Waals surface area contributed by atoms with Gasteiger partial charge in [-0.25, -0.2) is 4.39 Å². The molecule has 19 heavy (non-hydrogen) atoms. The van der Waals surface area contributed by atoms with Gasteiger partial charge in [-0.05, 0) is 31.5 Å². The first-order valence-electron chi connectivity index (χ1n) is 6.00. The highest BCUT2D eigenvalue weighted by Gasteiger charge is 2.04. The summed E-state index contributed by atoms with van der Waals surface area (Å²) in [5.74, 6) is 1.05. The van der Waals surface area contributed by atoms with E-state index in [1.54, 1.807) is 25.1 Å². The number of hydrogen-bond acceptors (Lipinski definition) is 5. The lowest BCUT2D eigenvalue weighted by molar-refractivity contribution is 0.619. The van der Waals surface area contributed by atoms with E-state index in [2.05, 4.69) is 20.6 Å². The molecule has 2 aromatic rings. The Bertz CT molecular complexity index is 585. The van der Waals surface area contributed by atoms with Gasteiger partial charge in [0.2, 0.25) is 5.95 Å². The molecule has 0 unspecified atom stereocenters. The van der Waals surface area contributed by atoms with Crippen LogP contribution in [0.25, 0.3) is 0 Å². The Hall–Kier alpha value is -2.37. The summed E-state index contributed by atoms with van der Waals surface area (Å²) in [6.07, 6.45) is 0. The van der Waals surface area contributed by atoms with Crippen molar-refractivity contribution in [1.29, 1.82) is 0 Å². The van der Waals surface area contributed by atoms with Crippen LogP contribution in [0.2, 0.25) is 0 Å². The number of nitrogens with zero attached hydrogens (tertiary/aromatic N) is 2. The monoisotopic (exact) mass is 261 g/mol. The Labute approximate surface area is 111 Å². The van der Waals surface area contributed by atoms with Gasteiger partial charge in [0.1, 0.15) is 17.5 Å². The van der Waals surface area contributed by atoms with Crippen LogP contribution in [0.5, 0.6) is 0 Å². The Morgan fingerprint density at radius 2 is 1.95 bits per heavy atom. The summed E-state index contributed by atoms with van der Waals surface area (Å²) >= 11 is 0. The van der Waals surface area contributed by atoms with Crippen LogP contribution in [0.1, 0.15) is 12.5 Å². The third-order valence-corrected chi connectivity index (χ3v) is 2.55. The summed E-state index contributed by atoms with van der Waals surface area (Å²) < 4.78 is 13.5. The summed E-state index contributed by atoms with van der Waals surface area (Å²) in [5, 5.41) is 6.05. The molecule has 0 saturated heterocycles. The Morgan fingerprint density at radius 3 is 2.63 bits per heavy atom. The Balaban J connectivity index is 2.24. The smallest absolute Gasteiger partial charge is 0.223 e. The fourth-order valence-corrected chi connectivity index (χ4v) is 1.62. The fraction of sp³-hybridized carbons (Fsp3) is 0.231. The molecular weight excluding hydrogens is 245 g/mol. The maximum atomic E-state index is 13.5. The van der Waals surface area contributed by atoms with E-state index in [9.17, 15) is 4.39 Å². The van der Waals surface area contributed by atoms with Gasteiger partial charge >= 0.3 is 0 Å². The molecule has 100 valence electrons. The topological polar surface area (TPSA) is 75.9 Å². The number of rotatable bonds is 4. The number of nitrogen functional groups attached to an aromatic ring is 1. The number of benzene rings is 1. The molecule has 0 aliphatic rings. The molecule has 1 aromatic carbocycles. The third-order valence-electron chi connectivity index (χ3n) is 2.55. The molecule has 4 N–H and O–H groups in total. The fourth-order valence-electron chi connectivity index (χ4n) is 1.62. The molecule has 0 saturated carbocycles. The van der Waals surface area contributed by atoms with Crippen LogP contribution in [-0.2, 0) is 0 Å². The quantitative estimate of drug-likeness (QED) is 0.789. The lowest BCUT2D eigenvalue weighted by atomic mass is 10.2. The van der Waals surface area contributed by atoms with E-state index in [-0.39, 0.29) is 11.8 Å². The Morgan fingerprint density at radius 1 is 1.21 bits per heavy atom. The highest BCUT2D eigenvalue weighted by Crippen LogP contribution is 2.20. The van der Waals surface area contributed by atoms with Crippen molar-refractivity contribution in [2.45, 2.75) is 13.8 Å². The van der Waals surface area contributed by atoms with E-state index >= 15 is 0 Å². The van der Waals surface area contributed by atoms with Crippen molar-refractivity contribution in [3.05, 3.63) is 35.6 Å². The largest absolute Gasteiger partial charge is 0.370 e. The van der Waals surface area contributed by atoms with Gasteiger partial charge in [-0.3, -0.25) is 0 Å². The van der Waals surface area contributed by atoms with Gasteiger partial charge in [-0.1, -0.05) is 6.07 Å². The standard InChI is InChI=1S/C13H16FN5/c1-3-16-11-7-12(19-13(15)18-11)17-9-5-4-8(2)10(14)6-9/h4-7H,3H2,1-2H3,(H4,15,16,17,18,19). The molecule has 0 fully saturated rings. The van der Waals surface area contributed by atoms with E-state index in [0.29, 0.717) is 22.9 Å². The van der Waals surface area contributed by atoms with Crippen LogP contribution in [0, 0.1) is 12.7 Å². The van der Waals surface area contributed by atoms with Crippen LogP contribution < -0.4 is 16.4 Å². The van der Waals surface area contributed by atoms with Crippen LogP contribution in [0.4, 0.5) is 27.7 Å². The number of nitrogens with two attached hydrogens (primary N) is 1. The van der Waals surface area contributed by atoms with Crippen LogP contribution >= 0.6 is 0 Å². The van der Waals surface area contributed by atoms with Gasteiger partial charge in [-0.15, -0.1) is 0 Å². The molecule has 0 radical (unpaired) electrons. The SMILES string of the molecule is CCNc1cc(Nc2ccc(C)c(F)c2)nc(N)n1. The summed E-state index contributed by atoms with van der Waals surface area (Å²) in [5.41, 5.74) is 6.83. The van der Waals surface area contributed by atoms with Crippen molar-refractivity contribution in [3.8, 4) is 0 Å². The van der Waals surface area contributed by atoms with Crippen molar-refractivity contribution in [1.82, 2.24) is 9.97 Å². The molecule has 0 amide bonds. The zero-order valence-electron chi connectivity index (χ0n) is 10.9. The Kier molecular flexibility index (Phi) is 3.79. The molecule has 0 aliphatic carbocycles. The minimum absolute atomic E-state index is 0.161. The summed E-state index contributed by atoms with van der Waals surface area (Å²) in [7, 11) is 0. The zero-order valence-corrected chi connectivity index (χ0v) is 10.9. The maximum Gasteiger partial charge on any atom is 0.223 e. The predicted molar refractivity (Wildman–Crippen MR) is 75.0 cm³/mol. The van der Waals surface area contributed by atoms with Crippen molar-refractivity contribution < 1.29 is 4.39 Å². The first kappa shape index (κ1) is 13.1. The molecule has 0 aliphatic heterocycles. The number of anilines is 4. The van der Waals surface area contributed by atoms with Gasteiger partial charge in [0.15, 0.2) is 0 Å². The number of nitrogens with one attached hydrogen (secondary N) is 2. The van der Waals surface area contributed by atoms with Crippen molar-refractivity contribution in [2.24, 2.45) is 0 Å². The molecule has 1 heterocycles. The first-order chi connectivity index (χ1) is 9.08. The van der Waals surface area contributed by atoms with E-state index in [1.807, 2.05) is 6.92 Å². The average Bonchev–Trinajstić information content (AvgIpc) is 2.33. The minimum atomic E-state index is -0.265. The van der Waals surface area contributed by atoms with Crippen molar-refractivity contribution in [2.75, 3.05) is 22.9 Å². The lowest BCUT2D eigenvalue weighted by Gasteiger charge is -2.09. The summed E-state index contributed by atoms with van der Waals surface area (Å²) in [4.78, 5) is 8.09. The van der Waals surface area contributed by atoms with Crippen LogP contribution in [-0.4, -0.2) is 16.5 Å². The van der Waals surface area contributed by atoms with E-state index < -0.39 is 0 Å². The zero-order chi connectivity index (χ0) is 13.8. The highest BCUT2D eigenvalue weighted by molar-refractivity contribution is 5.61. The summed E-state index contributed by atoms with van der Waals surface area (Å²) in [6.45, 7) is 4.40. The van der Waals surface area contributed by atoms with E-state index in [1.165, 1.54) is 6.07 Å². The minimum Gasteiger partial charge on any atom is -0.370 e. The van der Waals surface area contributed by atoms with E-state index in [4.69, 9.17) is 5.73 Å². The normalized spacial score (nSPS) is 10.3. The van der Waals surface area contributed by atoms with Gasteiger partial charge in [0.05, 0.1) is 0 Å². The number of aromatic nitrogens is 2. The lowest BCUT2D eigenvalue weighted by Crippen LogP contribution is -2.05. The molecule has 0 bridgehead atoms. The third kappa shape index (κ3) is 3.31. The van der Waals surface area contributed by atoms with Crippen molar-refractivity contribution in [3.63, 3.8) is 0 Å². The molecule has 0 atom stereocenters. The summed E-state index contributed by atoms with van der Waals surface area (Å²) in [6, 6.07) is 6.62. The second-order valence-electron chi connectivity index (χ2n) is 4.12. The number of halogens is 1. The second-order valence-corrected chi connectivity index (χ2v) is 4.12.